The Bertz CT molecular complexity index is 2830. The first-order valence-corrected chi connectivity index (χ1v) is 16.2. The maximum atomic E-state index is 6.10. The van der Waals surface area contributed by atoms with Crippen molar-refractivity contribution in [1.29, 1.82) is 0 Å². The Morgan fingerprint density at radius 3 is 1.68 bits per heavy atom. The SMILES string of the molecule is c1ccc2cc(-c3c4ccccc4c(-c4ccc(-c5ccc6oc7ccccc7c6c5)cc4)c4c3ccc3ccccc34)ccc2c1. The molecule has 0 aliphatic heterocycles. The number of para-hydroxylation sites is 1. The van der Waals surface area contributed by atoms with Crippen LogP contribution in [-0.2, 0) is 0 Å². The summed E-state index contributed by atoms with van der Waals surface area (Å²) in [6.07, 6.45) is 0. The number of rotatable bonds is 3. The molecule has 1 heterocycles. The van der Waals surface area contributed by atoms with E-state index in [1.807, 2.05) is 12.1 Å². The maximum absolute atomic E-state index is 6.10. The van der Waals surface area contributed by atoms with E-state index >= 15 is 0 Å². The van der Waals surface area contributed by atoms with Gasteiger partial charge in [-0.3, -0.25) is 0 Å². The van der Waals surface area contributed by atoms with Gasteiger partial charge in [-0.05, 0) is 101 Å². The normalized spacial score (nSPS) is 11.8. The van der Waals surface area contributed by atoms with Crippen molar-refractivity contribution in [3.8, 4) is 33.4 Å². The van der Waals surface area contributed by atoms with Gasteiger partial charge in [-0.2, -0.15) is 0 Å². The van der Waals surface area contributed by atoms with Crippen molar-refractivity contribution in [2.24, 2.45) is 0 Å². The fraction of sp³-hybridized carbons (Fsp3) is 0. The van der Waals surface area contributed by atoms with Crippen LogP contribution in [0.1, 0.15) is 0 Å². The molecule has 1 aromatic heterocycles. The van der Waals surface area contributed by atoms with Crippen molar-refractivity contribution in [3.63, 3.8) is 0 Å². The summed E-state index contributed by atoms with van der Waals surface area (Å²) in [5.41, 5.74) is 9.23. The van der Waals surface area contributed by atoms with Gasteiger partial charge in [0, 0.05) is 10.8 Å². The van der Waals surface area contributed by atoms with E-state index in [1.165, 1.54) is 76.5 Å². The summed E-state index contributed by atoms with van der Waals surface area (Å²) in [5, 5.41) is 12.4. The average molecular weight is 597 g/mol. The van der Waals surface area contributed by atoms with E-state index in [-0.39, 0.29) is 0 Å². The van der Waals surface area contributed by atoms with Gasteiger partial charge in [0.15, 0.2) is 0 Å². The molecule has 0 unspecified atom stereocenters. The Kier molecular flexibility index (Phi) is 5.64. The molecule has 47 heavy (non-hydrogen) atoms. The van der Waals surface area contributed by atoms with Gasteiger partial charge in [0.05, 0.1) is 0 Å². The van der Waals surface area contributed by atoms with E-state index in [4.69, 9.17) is 4.42 Å². The second kappa shape index (κ2) is 10.2. The zero-order chi connectivity index (χ0) is 30.9. The second-order valence-corrected chi connectivity index (χ2v) is 12.5. The molecule has 218 valence electrons. The fourth-order valence-electron chi connectivity index (χ4n) is 7.64. The third-order valence-corrected chi connectivity index (χ3v) is 9.84. The molecule has 10 rings (SSSR count). The van der Waals surface area contributed by atoms with Crippen LogP contribution in [0.5, 0.6) is 0 Å². The van der Waals surface area contributed by atoms with Crippen LogP contribution < -0.4 is 0 Å². The molecule has 0 amide bonds. The summed E-state index contributed by atoms with van der Waals surface area (Å²) >= 11 is 0. The lowest BCUT2D eigenvalue weighted by atomic mass is 9.83. The third-order valence-electron chi connectivity index (χ3n) is 9.84. The summed E-state index contributed by atoms with van der Waals surface area (Å²) < 4.78 is 6.10. The topological polar surface area (TPSA) is 13.1 Å². The van der Waals surface area contributed by atoms with Crippen molar-refractivity contribution in [2.75, 3.05) is 0 Å². The molecule has 1 heteroatoms. The third kappa shape index (κ3) is 4.03. The van der Waals surface area contributed by atoms with Gasteiger partial charge in [-0.1, -0.05) is 146 Å². The monoisotopic (exact) mass is 596 g/mol. The number of benzene rings is 9. The predicted octanol–water partition coefficient (Wildman–Crippen LogP) is 13.2. The van der Waals surface area contributed by atoms with Crippen LogP contribution in [0.3, 0.4) is 0 Å². The minimum absolute atomic E-state index is 0.919. The molecule has 1 nitrogen and oxygen atoms in total. The highest BCUT2D eigenvalue weighted by Gasteiger charge is 2.19. The molecule has 0 atom stereocenters. The van der Waals surface area contributed by atoms with E-state index in [2.05, 4.69) is 158 Å². The van der Waals surface area contributed by atoms with Crippen LogP contribution >= 0.6 is 0 Å². The van der Waals surface area contributed by atoms with Gasteiger partial charge in [-0.15, -0.1) is 0 Å². The minimum Gasteiger partial charge on any atom is -0.456 e. The number of fused-ring (bicyclic) bond motifs is 8. The Labute approximate surface area is 271 Å². The van der Waals surface area contributed by atoms with E-state index in [9.17, 15) is 0 Å². The highest BCUT2D eigenvalue weighted by molar-refractivity contribution is 6.28. The number of hydrogen-bond donors (Lipinski definition) is 0. The average Bonchev–Trinajstić information content (AvgIpc) is 3.52. The van der Waals surface area contributed by atoms with Crippen molar-refractivity contribution in [1.82, 2.24) is 0 Å². The van der Waals surface area contributed by atoms with Gasteiger partial charge in [0.25, 0.3) is 0 Å². The molecule has 0 aliphatic rings. The van der Waals surface area contributed by atoms with Gasteiger partial charge in [-0.25, -0.2) is 0 Å². The molecule has 0 saturated heterocycles. The van der Waals surface area contributed by atoms with Gasteiger partial charge in [0.2, 0.25) is 0 Å². The lowest BCUT2D eigenvalue weighted by Gasteiger charge is -2.20. The Morgan fingerprint density at radius 1 is 0.277 bits per heavy atom. The first-order chi connectivity index (χ1) is 23.3. The molecule has 0 radical (unpaired) electrons. The minimum atomic E-state index is 0.919. The zero-order valence-electron chi connectivity index (χ0n) is 25.6. The van der Waals surface area contributed by atoms with Gasteiger partial charge < -0.3 is 4.42 Å². The lowest BCUT2D eigenvalue weighted by molar-refractivity contribution is 0.669. The Balaban J connectivity index is 1.22. The van der Waals surface area contributed by atoms with Gasteiger partial charge >= 0.3 is 0 Å². The lowest BCUT2D eigenvalue weighted by Crippen LogP contribution is -1.92. The molecule has 0 spiro atoms. The van der Waals surface area contributed by atoms with E-state index in [0.717, 1.165) is 21.9 Å². The summed E-state index contributed by atoms with van der Waals surface area (Å²) in [7, 11) is 0. The molecule has 0 N–H and O–H groups in total. The molecule has 0 saturated carbocycles. The zero-order valence-corrected chi connectivity index (χ0v) is 25.6. The highest BCUT2D eigenvalue weighted by Crippen LogP contribution is 2.47. The van der Waals surface area contributed by atoms with E-state index < -0.39 is 0 Å². The number of furan rings is 1. The van der Waals surface area contributed by atoms with Crippen LogP contribution in [0, 0.1) is 0 Å². The van der Waals surface area contributed by atoms with Crippen LogP contribution in [-0.4, -0.2) is 0 Å². The predicted molar refractivity (Wildman–Crippen MR) is 200 cm³/mol. The first kappa shape index (κ1) is 26.1. The van der Waals surface area contributed by atoms with Crippen molar-refractivity contribution < 1.29 is 4.42 Å². The first-order valence-electron chi connectivity index (χ1n) is 16.2. The Morgan fingerprint density at radius 2 is 0.851 bits per heavy atom. The van der Waals surface area contributed by atoms with Crippen LogP contribution in [0.15, 0.2) is 174 Å². The van der Waals surface area contributed by atoms with E-state index in [0.29, 0.717) is 0 Å². The maximum Gasteiger partial charge on any atom is 0.135 e. The largest absolute Gasteiger partial charge is 0.456 e. The second-order valence-electron chi connectivity index (χ2n) is 12.5. The molecule has 0 fully saturated rings. The number of hydrogen-bond acceptors (Lipinski definition) is 1. The molecular formula is C46H28O. The molecule has 0 bridgehead atoms. The summed E-state index contributed by atoms with van der Waals surface area (Å²) in [6.45, 7) is 0. The summed E-state index contributed by atoms with van der Waals surface area (Å²) in [4.78, 5) is 0. The summed E-state index contributed by atoms with van der Waals surface area (Å²) in [6, 6.07) is 61.7. The Hall–Kier alpha value is -6.18. The van der Waals surface area contributed by atoms with Crippen LogP contribution in [0.25, 0.3) is 98.4 Å². The molecule has 10 aromatic rings. The van der Waals surface area contributed by atoms with E-state index in [1.54, 1.807) is 0 Å². The smallest absolute Gasteiger partial charge is 0.135 e. The summed E-state index contributed by atoms with van der Waals surface area (Å²) in [5.74, 6) is 0. The van der Waals surface area contributed by atoms with Crippen LogP contribution in [0.2, 0.25) is 0 Å². The molecule has 0 aliphatic carbocycles. The van der Waals surface area contributed by atoms with Crippen molar-refractivity contribution >= 4 is 65.0 Å². The van der Waals surface area contributed by atoms with Crippen molar-refractivity contribution in [3.05, 3.63) is 170 Å². The fourth-order valence-corrected chi connectivity index (χ4v) is 7.64. The van der Waals surface area contributed by atoms with Gasteiger partial charge in [0.1, 0.15) is 11.2 Å². The molecule has 9 aromatic carbocycles. The van der Waals surface area contributed by atoms with Crippen molar-refractivity contribution in [2.45, 2.75) is 0 Å². The molecular weight excluding hydrogens is 569 g/mol. The van der Waals surface area contributed by atoms with Crippen LogP contribution in [0.4, 0.5) is 0 Å². The standard InChI is InChI=1S/C46H28O/c1-2-11-33-27-35(22-19-29(33)9-1)44-38-14-5-6-15-39(38)45(46-36-12-4-3-10-31(36)23-25-40(44)46)32-20-17-30(18-21-32)34-24-26-43-41(28-34)37-13-7-8-16-42(37)47-43/h1-28H. The quantitative estimate of drug-likeness (QED) is 0.146. The highest BCUT2D eigenvalue weighted by atomic mass is 16.3.